The number of fused-ring (bicyclic) bond motifs is 2. The lowest BCUT2D eigenvalue weighted by atomic mass is 9.82. The van der Waals surface area contributed by atoms with Crippen molar-refractivity contribution in [3.8, 4) is 17.2 Å². The first-order valence-corrected chi connectivity index (χ1v) is 8.92. The van der Waals surface area contributed by atoms with E-state index in [4.69, 9.17) is 25.8 Å². The number of carbonyl (C=O) groups is 2. The van der Waals surface area contributed by atoms with Crippen LogP contribution in [0.15, 0.2) is 24.3 Å². The largest absolute Gasteiger partial charge is 0.497 e. The van der Waals surface area contributed by atoms with E-state index >= 15 is 0 Å². The van der Waals surface area contributed by atoms with Crippen LogP contribution in [0.2, 0.25) is 0 Å². The Morgan fingerprint density at radius 1 is 0.857 bits per heavy atom. The van der Waals surface area contributed by atoms with E-state index in [1.807, 2.05) is 0 Å². The van der Waals surface area contributed by atoms with Gasteiger partial charge in [-0.2, -0.15) is 0 Å². The Morgan fingerprint density at radius 3 is 2.04 bits per heavy atom. The molecule has 1 N–H and O–H groups in total. The van der Waals surface area contributed by atoms with Crippen molar-refractivity contribution in [1.82, 2.24) is 5.32 Å². The van der Waals surface area contributed by atoms with Crippen molar-refractivity contribution in [2.45, 2.75) is 6.54 Å². The summed E-state index contributed by atoms with van der Waals surface area (Å²) in [6.45, 7) is 1.14. The third-order valence-corrected chi connectivity index (χ3v) is 4.65. The van der Waals surface area contributed by atoms with Gasteiger partial charge in [0, 0.05) is 36.2 Å². The molecule has 0 atom stereocenters. The highest BCUT2D eigenvalue weighted by Gasteiger charge is 2.36. The van der Waals surface area contributed by atoms with E-state index in [2.05, 4.69) is 5.32 Å². The SMILES string of the molecule is COc1cc(OC)c2c(c1)C(=O)c1cc(CNCCCl)cc(OC)c1C2=O.Cl. The number of ether oxygens (including phenoxy) is 3. The van der Waals surface area contributed by atoms with Gasteiger partial charge in [-0.15, -0.1) is 24.0 Å². The Hall–Kier alpha value is -2.28. The molecular formula is C20H21Cl2NO5. The van der Waals surface area contributed by atoms with Crippen LogP contribution >= 0.6 is 24.0 Å². The molecule has 6 nitrogen and oxygen atoms in total. The van der Waals surface area contributed by atoms with Gasteiger partial charge >= 0.3 is 0 Å². The second-order valence-electron chi connectivity index (χ2n) is 6.00. The van der Waals surface area contributed by atoms with E-state index in [1.54, 1.807) is 24.3 Å². The number of benzene rings is 2. The maximum absolute atomic E-state index is 13.2. The van der Waals surface area contributed by atoms with E-state index in [0.717, 1.165) is 5.56 Å². The van der Waals surface area contributed by atoms with Gasteiger partial charge in [-0.1, -0.05) is 0 Å². The Kier molecular flexibility index (Phi) is 7.29. The van der Waals surface area contributed by atoms with Crippen molar-refractivity contribution in [1.29, 1.82) is 0 Å². The highest BCUT2D eigenvalue weighted by Crippen LogP contribution is 2.40. The molecule has 0 heterocycles. The zero-order chi connectivity index (χ0) is 19.6. The van der Waals surface area contributed by atoms with E-state index in [0.29, 0.717) is 41.8 Å². The van der Waals surface area contributed by atoms with Crippen LogP contribution in [0.1, 0.15) is 37.4 Å². The third kappa shape index (κ3) is 3.81. The Bertz CT molecular complexity index is 914. The average molecular weight is 426 g/mol. The fraction of sp³-hybridized carbons (Fsp3) is 0.300. The van der Waals surface area contributed by atoms with Gasteiger partial charge < -0.3 is 19.5 Å². The molecule has 2 aromatic rings. The van der Waals surface area contributed by atoms with E-state index in [9.17, 15) is 9.59 Å². The van der Waals surface area contributed by atoms with E-state index < -0.39 is 0 Å². The second kappa shape index (κ2) is 9.28. The number of carbonyl (C=O) groups excluding carboxylic acids is 2. The molecule has 0 amide bonds. The van der Waals surface area contributed by atoms with Gasteiger partial charge in [0.2, 0.25) is 5.78 Å². The zero-order valence-electron chi connectivity index (χ0n) is 15.8. The van der Waals surface area contributed by atoms with Gasteiger partial charge in [0.15, 0.2) is 5.78 Å². The number of alkyl halides is 1. The lowest BCUT2D eigenvalue weighted by Crippen LogP contribution is -2.24. The van der Waals surface area contributed by atoms with Crippen LogP contribution in [0, 0.1) is 0 Å². The summed E-state index contributed by atoms with van der Waals surface area (Å²) in [7, 11) is 4.42. The summed E-state index contributed by atoms with van der Waals surface area (Å²) in [5.41, 5.74) is 1.87. The molecule has 0 saturated carbocycles. The predicted molar refractivity (Wildman–Crippen MR) is 109 cm³/mol. The highest BCUT2D eigenvalue weighted by molar-refractivity contribution is 6.30. The number of rotatable bonds is 7. The van der Waals surface area contributed by atoms with Crippen LogP contribution in [0.4, 0.5) is 0 Å². The van der Waals surface area contributed by atoms with Crippen LogP contribution in [0.3, 0.4) is 0 Å². The van der Waals surface area contributed by atoms with Gasteiger partial charge in [0.25, 0.3) is 0 Å². The average Bonchev–Trinajstić information content (AvgIpc) is 2.70. The van der Waals surface area contributed by atoms with E-state index in [1.165, 1.54) is 21.3 Å². The summed E-state index contributed by atoms with van der Waals surface area (Å²) >= 11 is 5.69. The molecule has 0 radical (unpaired) electrons. The first kappa shape index (κ1) is 22.0. The number of hydrogen-bond donors (Lipinski definition) is 1. The quantitative estimate of drug-likeness (QED) is 0.462. The molecule has 150 valence electrons. The number of halogens is 2. The van der Waals surface area contributed by atoms with Gasteiger partial charge in [-0.25, -0.2) is 0 Å². The van der Waals surface area contributed by atoms with Crippen molar-refractivity contribution in [2.75, 3.05) is 33.8 Å². The van der Waals surface area contributed by atoms with Crippen molar-refractivity contribution in [2.24, 2.45) is 0 Å². The summed E-state index contributed by atoms with van der Waals surface area (Å²) in [5.74, 6) is 1.000. The predicted octanol–water partition coefficient (Wildman–Crippen LogP) is 3.24. The van der Waals surface area contributed by atoms with Crippen LogP contribution in [-0.4, -0.2) is 45.3 Å². The van der Waals surface area contributed by atoms with Crippen LogP contribution in [0.25, 0.3) is 0 Å². The highest BCUT2D eigenvalue weighted by atomic mass is 35.5. The Morgan fingerprint density at radius 2 is 1.46 bits per heavy atom. The molecule has 0 aromatic heterocycles. The first-order chi connectivity index (χ1) is 13.0. The lowest BCUT2D eigenvalue weighted by molar-refractivity contribution is 0.0973. The van der Waals surface area contributed by atoms with Gasteiger partial charge in [0.05, 0.1) is 32.5 Å². The van der Waals surface area contributed by atoms with Gasteiger partial charge in [0.1, 0.15) is 17.2 Å². The molecular weight excluding hydrogens is 405 g/mol. The molecule has 8 heteroatoms. The first-order valence-electron chi connectivity index (χ1n) is 8.38. The molecule has 0 saturated heterocycles. The monoisotopic (exact) mass is 425 g/mol. The molecule has 1 aliphatic rings. The maximum atomic E-state index is 13.2. The zero-order valence-corrected chi connectivity index (χ0v) is 17.3. The topological polar surface area (TPSA) is 73.9 Å². The Balaban J connectivity index is 0.00000280. The molecule has 0 spiro atoms. The fourth-order valence-corrected chi connectivity index (χ4v) is 3.33. The molecule has 3 rings (SSSR count). The molecule has 28 heavy (non-hydrogen) atoms. The normalized spacial score (nSPS) is 12.0. The molecule has 0 unspecified atom stereocenters. The number of methoxy groups -OCH3 is 3. The summed E-state index contributed by atoms with van der Waals surface area (Å²) in [6, 6.07) is 6.62. The van der Waals surface area contributed by atoms with Crippen LogP contribution in [0.5, 0.6) is 17.2 Å². The van der Waals surface area contributed by atoms with Crippen molar-refractivity contribution >= 4 is 35.6 Å². The molecule has 0 aliphatic heterocycles. The van der Waals surface area contributed by atoms with Crippen molar-refractivity contribution in [3.05, 3.63) is 52.1 Å². The lowest BCUT2D eigenvalue weighted by Gasteiger charge is -2.23. The van der Waals surface area contributed by atoms with Crippen LogP contribution in [-0.2, 0) is 6.54 Å². The summed E-state index contributed by atoms with van der Waals surface area (Å²) in [5, 5.41) is 3.17. The second-order valence-corrected chi connectivity index (χ2v) is 6.37. The fourth-order valence-electron chi connectivity index (χ4n) is 3.20. The van der Waals surface area contributed by atoms with Gasteiger partial charge in [-0.05, 0) is 23.8 Å². The minimum atomic E-state index is -0.309. The number of ketones is 2. The maximum Gasteiger partial charge on any atom is 0.201 e. The van der Waals surface area contributed by atoms with Crippen molar-refractivity contribution < 1.29 is 23.8 Å². The van der Waals surface area contributed by atoms with Crippen LogP contribution < -0.4 is 19.5 Å². The van der Waals surface area contributed by atoms with Crippen molar-refractivity contribution in [3.63, 3.8) is 0 Å². The summed E-state index contributed by atoms with van der Waals surface area (Å²) < 4.78 is 16.0. The minimum absolute atomic E-state index is 0. The third-order valence-electron chi connectivity index (χ3n) is 4.46. The molecule has 0 fully saturated rings. The Labute approximate surface area is 174 Å². The number of nitrogens with one attached hydrogen (secondary N) is 1. The number of hydrogen-bond acceptors (Lipinski definition) is 6. The molecule has 1 aliphatic carbocycles. The van der Waals surface area contributed by atoms with E-state index in [-0.39, 0.29) is 40.7 Å². The molecule has 2 aromatic carbocycles. The standard InChI is InChI=1S/C20H20ClNO5.ClH/c1-25-12-8-14-18(16(9-12)27-3)20(24)17-13(19(14)23)6-11(7-15(17)26-2)10-22-5-4-21;/h6-9,22H,4-5,10H2,1-3H3;1H. The summed E-state index contributed by atoms with van der Waals surface area (Å²) in [4.78, 5) is 26.4. The smallest absolute Gasteiger partial charge is 0.201 e. The summed E-state index contributed by atoms with van der Waals surface area (Å²) in [6.07, 6.45) is 0. The molecule has 0 bridgehead atoms. The van der Waals surface area contributed by atoms with Gasteiger partial charge in [-0.3, -0.25) is 9.59 Å². The minimum Gasteiger partial charge on any atom is -0.497 e.